The SMILES string of the molecule is CCC[C@H]1CC[C@H](COc2ccc(C(=O)Oc3ccc(C#N)c(F)c3)c(F)c2)CC1. The van der Waals surface area contributed by atoms with E-state index in [-0.39, 0.29) is 16.9 Å². The Morgan fingerprint density at radius 2 is 1.70 bits per heavy atom. The molecule has 0 N–H and O–H groups in total. The minimum atomic E-state index is -0.947. The topological polar surface area (TPSA) is 59.3 Å². The highest BCUT2D eigenvalue weighted by molar-refractivity contribution is 5.91. The zero-order valence-corrected chi connectivity index (χ0v) is 17.0. The maximum atomic E-state index is 14.4. The van der Waals surface area contributed by atoms with Crippen LogP contribution in [-0.2, 0) is 0 Å². The van der Waals surface area contributed by atoms with E-state index < -0.39 is 17.6 Å². The first-order valence-electron chi connectivity index (χ1n) is 10.3. The van der Waals surface area contributed by atoms with Gasteiger partial charge in [-0.05, 0) is 48.9 Å². The van der Waals surface area contributed by atoms with Crippen molar-refractivity contribution in [1.29, 1.82) is 5.26 Å². The van der Waals surface area contributed by atoms with Gasteiger partial charge in [0.15, 0.2) is 0 Å². The Hall–Kier alpha value is -2.94. The summed E-state index contributed by atoms with van der Waals surface area (Å²) in [5.41, 5.74) is -0.437. The summed E-state index contributed by atoms with van der Waals surface area (Å²) in [4.78, 5) is 12.2. The highest BCUT2D eigenvalue weighted by Crippen LogP contribution is 2.32. The molecule has 3 rings (SSSR count). The first kappa shape index (κ1) is 21.8. The third-order valence-corrected chi connectivity index (χ3v) is 5.58. The first-order chi connectivity index (χ1) is 14.5. The molecule has 30 heavy (non-hydrogen) atoms. The lowest BCUT2D eigenvalue weighted by Crippen LogP contribution is -2.20. The van der Waals surface area contributed by atoms with E-state index in [0.29, 0.717) is 18.3 Å². The largest absolute Gasteiger partial charge is 0.493 e. The first-order valence-corrected chi connectivity index (χ1v) is 10.3. The molecule has 4 nitrogen and oxygen atoms in total. The second-order valence-corrected chi connectivity index (χ2v) is 7.77. The molecule has 0 atom stereocenters. The van der Waals surface area contributed by atoms with Crippen molar-refractivity contribution >= 4 is 5.97 Å². The normalized spacial score (nSPS) is 18.5. The van der Waals surface area contributed by atoms with Gasteiger partial charge in [-0.25, -0.2) is 13.6 Å². The number of nitrogens with zero attached hydrogens (tertiary/aromatic N) is 1. The van der Waals surface area contributed by atoms with Crippen molar-refractivity contribution in [3.63, 3.8) is 0 Å². The highest BCUT2D eigenvalue weighted by atomic mass is 19.1. The van der Waals surface area contributed by atoms with Gasteiger partial charge in [0.25, 0.3) is 0 Å². The molecule has 0 unspecified atom stereocenters. The zero-order chi connectivity index (χ0) is 21.5. The third-order valence-electron chi connectivity index (χ3n) is 5.58. The van der Waals surface area contributed by atoms with E-state index in [1.165, 1.54) is 56.0 Å². The number of hydrogen-bond acceptors (Lipinski definition) is 4. The predicted molar refractivity (Wildman–Crippen MR) is 108 cm³/mol. The summed E-state index contributed by atoms with van der Waals surface area (Å²) in [7, 11) is 0. The van der Waals surface area contributed by atoms with Gasteiger partial charge in [0.05, 0.1) is 17.7 Å². The van der Waals surface area contributed by atoms with Crippen molar-refractivity contribution in [1.82, 2.24) is 0 Å². The Morgan fingerprint density at radius 1 is 1.03 bits per heavy atom. The van der Waals surface area contributed by atoms with Crippen LogP contribution in [0.15, 0.2) is 36.4 Å². The van der Waals surface area contributed by atoms with E-state index in [2.05, 4.69) is 6.92 Å². The lowest BCUT2D eigenvalue weighted by molar-refractivity contribution is 0.0729. The van der Waals surface area contributed by atoms with E-state index in [9.17, 15) is 13.6 Å². The maximum Gasteiger partial charge on any atom is 0.346 e. The van der Waals surface area contributed by atoms with Crippen LogP contribution in [-0.4, -0.2) is 12.6 Å². The molecule has 0 saturated heterocycles. The second kappa shape index (κ2) is 10.2. The number of benzene rings is 2. The molecule has 0 aliphatic heterocycles. The molecule has 1 aliphatic rings. The summed E-state index contributed by atoms with van der Waals surface area (Å²) in [5.74, 6) is -0.971. The van der Waals surface area contributed by atoms with Crippen LogP contribution in [0.4, 0.5) is 8.78 Å². The van der Waals surface area contributed by atoms with E-state index in [1.807, 2.05) is 0 Å². The Bertz CT molecular complexity index is 931. The van der Waals surface area contributed by atoms with Crippen molar-refractivity contribution in [3.05, 3.63) is 59.2 Å². The molecule has 1 fully saturated rings. The van der Waals surface area contributed by atoms with Gasteiger partial charge in [-0.3, -0.25) is 0 Å². The number of halogens is 2. The lowest BCUT2D eigenvalue weighted by Gasteiger charge is -2.28. The summed E-state index contributed by atoms with van der Waals surface area (Å²) in [5, 5.41) is 8.73. The second-order valence-electron chi connectivity index (χ2n) is 7.77. The van der Waals surface area contributed by atoms with E-state index in [4.69, 9.17) is 14.7 Å². The van der Waals surface area contributed by atoms with Crippen LogP contribution in [0.3, 0.4) is 0 Å². The molecular formula is C24H25F2NO3. The molecule has 2 aromatic rings. The van der Waals surface area contributed by atoms with Crippen molar-refractivity contribution < 1.29 is 23.0 Å². The standard InChI is InChI=1S/C24H25F2NO3/c1-2-3-16-4-6-17(7-5-16)15-29-19-10-11-21(23(26)12-19)24(28)30-20-9-8-18(14-27)22(25)13-20/h8-13,16-17H,2-7,15H2,1H3/t16-,17-. The van der Waals surface area contributed by atoms with Gasteiger partial charge in [-0.2, -0.15) is 5.26 Å². The minimum Gasteiger partial charge on any atom is -0.493 e. The number of ether oxygens (including phenoxy) is 2. The van der Waals surface area contributed by atoms with Crippen molar-refractivity contribution in [2.24, 2.45) is 11.8 Å². The molecule has 0 radical (unpaired) electrons. The van der Waals surface area contributed by atoms with Gasteiger partial charge in [0.1, 0.15) is 29.2 Å². The van der Waals surface area contributed by atoms with E-state index in [0.717, 1.165) is 24.8 Å². The number of carbonyl (C=O) groups is 1. The molecule has 0 heterocycles. The van der Waals surface area contributed by atoms with E-state index >= 15 is 0 Å². The van der Waals surface area contributed by atoms with Crippen molar-refractivity contribution in [3.8, 4) is 17.6 Å². The number of nitriles is 1. The van der Waals surface area contributed by atoms with Crippen LogP contribution in [0, 0.1) is 34.8 Å². The minimum absolute atomic E-state index is 0.102. The molecule has 158 valence electrons. The van der Waals surface area contributed by atoms with Crippen LogP contribution in [0.25, 0.3) is 0 Å². The average molecular weight is 413 g/mol. The summed E-state index contributed by atoms with van der Waals surface area (Å²) in [6.07, 6.45) is 7.19. The maximum absolute atomic E-state index is 14.4. The molecular weight excluding hydrogens is 388 g/mol. The fraction of sp³-hybridized carbons (Fsp3) is 0.417. The summed E-state index contributed by atoms with van der Waals surface area (Å²) < 4.78 is 38.8. The van der Waals surface area contributed by atoms with Crippen LogP contribution in [0.5, 0.6) is 11.5 Å². The van der Waals surface area contributed by atoms with Crippen LogP contribution < -0.4 is 9.47 Å². The average Bonchev–Trinajstić information content (AvgIpc) is 2.73. The summed E-state index contributed by atoms with van der Waals surface area (Å²) in [6, 6.07) is 9.06. The number of rotatable bonds is 7. The van der Waals surface area contributed by atoms with Crippen LogP contribution in [0.1, 0.15) is 61.4 Å². The Kier molecular flexibility index (Phi) is 7.40. The lowest BCUT2D eigenvalue weighted by atomic mass is 9.80. The number of hydrogen-bond donors (Lipinski definition) is 0. The molecule has 1 aliphatic carbocycles. The fourth-order valence-electron chi connectivity index (χ4n) is 3.87. The molecule has 0 aromatic heterocycles. The molecule has 0 bridgehead atoms. The number of esters is 1. The van der Waals surface area contributed by atoms with Gasteiger partial charge < -0.3 is 9.47 Å². The Labute approximate surface area is 175 Å². The van der Waals surface area contributed by atoms with Gasteiger partial charge in [-0.15, -0.1) is 0 Å². The molecule has 6 heteroatoms. The molecule has 0 amide bonds. The van der Waals surface area contributed by atoms with E-state index in [1.54, 1.807) is 6.07 Å². The Morgan fingerprint density at radius 3 is 2.33 bits per heavy atom. The van der Waals surface area contributed by atoms with Crippen LogP contribution in [0.2, 0.25) is 0 Å². The Balaban J connectivity index is 1.55. The molecule has 0 spiro atoms. The van der Waals surface area contributed by atoms with Gasteiger partial charge in [0, 0.05) is 12.1 Å². The van der Waals surface area contributed by atoms with Gasteiger partial charge in [0.2, 0.25) is 0 Å². The monoisotopic (exact) mass is 413 g/mol. The molecule has 2 aromatic carbocycles. The third kappa shape index (κ3) is 5.56. The summed E-state index contributed by atoms with van der Waals surface area (Å²) >= 11 is 0. The quantitative estimate of drug-likeness (QED) is 0.410. The van der Waals surface area contributed by atoms with Crippen molar-refractivity contribution in [2.45, 2.75) is 45.4 Å². The summed E-state index contributed by atoms with van der Waals surface area (Å²) in [6.45, 7) is 2.75. The fourth-order valence-corrected chi connectivity index (χ4v) is 3.87. The predicted octanol–water partition coefficient (Wildman–Crippen LogP) is 6.04. The van der Waals surface area contributed by atoms with Crippen LogP contribution >= 0.6 is 0 Å². The molecule has 1 saturated carbocycles. The zero-order valence-electron chi connectivity index (χ0n) is 17.0. The van der Waals surface area contributed by atoms with Crippen molar-refractivity contribution in [2.75, 3.05) is 6.61 Å². The van der Waals surface area contributed by atoms with Gasteiger partial charge in [-0.1, -0.05) is 32.6 Å². The number of carbonyl (C=O) groups excluding carboxylic acids is 1. The smallest absolute Gasteiger partial charge is 0.346 e. The highest BCUT2D eigenvalue weighted by Gasteiger charge is 2.21. The van der Waals surface area contributed by atoms with Gasteiger partial charge >= 0.3 is 5.97 Å².